The number of benzene rings is 1. The summed E-state index contributed by atoms with van der Waals surface area (Å²) in [5.41, 5.74) is 3.49. The van der Waals surface area contributed by atoms with Gasteiger partial charge in [0.05, 0.1) is 12.3 Å². The van der Waals surface area contributed by atoms with Crippen LogP contribution in [0.1, 0.15) is 36.7 Å². The van der Waals surface area contributed by atoms with Crippen LogP contribution in [0.25, 0.3) is 0 Å². The van der Waals surface area contributed by atoms with Gasteiger partial charge in [0.15, 0.2) is 0 Å². The van der Waals surface area contributed by atoms with Crippen molar-refractivity contribution < 1.29 is 5.11 Å². The first-order chi connectivity index (χ1) is 9.99. The van der Waals surface area contributed by atoms with E-state index in [1.54, 1.807) is 0 Å². The molecule has 2 aromatic rings. The van der Waals surface area contributed by atoms with Crippen molar-refractivity contribution in [1.82, 2.24) is 15.1 Å². The third kappa shape index (κ3) is 3.93. The van der Waals surface area contributed by atoms with Crippen LogP contribution in [0.4, 0.5) is 0 Å². The Morgan fingerprint density at radius 2 is 1.90 bits per heavy atom. The third-order valence-electron chi connectivity index (χ3n) is 4.12. The molecule has 0 aliphatic carbocycles. The maximum absolute atomic E-state index is 10.4. The molecular formula is C17H25N3O. The van der Waals surface area contributed by atoms with Crippen LogP contribution in [0.3, 0.4) is 0 Å². The Kier molecular flexibility index (Phi) is 5.15. The molecule has 0 spiro atoms. The van der Waals surface area contributed by atoms with Crippen molar-refractivity contribution in [3.8, 4) is 0 Å². The molecule has 0 aliphatic heterocycles. The molecule has 2 rings (SSSR count). The second-order valence-corrected chi connectivity index (χ2v) is 5.74. The van der Waals surface area contributed by atoms with Crippen LogP contribution in [0, 0.1) is 6.92 Å². The molecule has 0 radical (unpaired) electrons. The summed E-state index contributed by atoms with van der Waals surface area (Å²) in [6.45, 7) is 6.19. The van der Waals surface area contributed by atoms with Gasteiger partial charge in [0.25, 0.3) is 0 Å². The fraction of sp³-hybridized carbons (Fsp3) is 0.471. The van der Waals surface area contributed by atoms with Crippen LogP contribution in [0.5, 0.6) is 0 Å². The minimum Gasteiger partial charge on any atom is -0.391 e. The summed E-state index contributed by atoms with van der Waals surface area (Å²) in [6.07, 6.45) is 2.14. The van der Waals surface area contributed by atoms with E-state index in [0.717, 1.165) is 11.3 Å². The van der Waals surface area contributed by atoms with Crippen molar-refractivity contribution >= 4 is 0 Å². The molecule has 1 heterocycles. The van der Waals surface area contributed by atoms with E-state index in [9.17, 15) is 5.11 Å². The van der Waals surface area contributed by atoms with Crippen LogP contribution < -0.4 is 5.32 Å². The average molecular weight is 287 g/mol. The van der Waals surface area contributed by atoms with Crippen LogP contribution in [-0.4, -0.2) is 27.0 Å². The monoisotopic (exact) mass is 287 g/mol. The van der Waals surface area contributed by atoms with E-state index >= 15 is 0 Å². The predicted octanol–water partition coefficient (Wildman–Crippen LogP) is 2.37. The van der Waals surface area contributed by atoms with E-state index < -0.39 is 6.10 Å². The van der Waals surface area contributed by atoms with Crippen molar-refractivity contribution in [2.24, 2.45) is 7.05 Å². The fourth-order valence-electron chi connectivity index (χ4n) is 2.57. The van der Waals surface area contributed by atoms with E-state index in [-0.39, 0.29) is 12.1 Å². The standard InChI is InChI=1S/C17H25N3O/c1-12(16-11-18-20(4)14(16)3)19-13(2)17(21)10-15-8-6-5-7-9-15/h5-9,11-13,17,19,21H,10H2,1-4H3. The largest absolute Gasteiger partial charge is 0.391 e. The topological polar surface area (TPSA) is 50.1 Å². The van der Waals surface area contributed by atoms with Gasteiger partial charge in [-0.3, -0.25) is 4.68 Å². The molecule has 3 unspecified atom stereocenters. The lowest BCUT2D eigenvalue weighted by Crippen LogP contribution is -2.40. The van der Waals surface area contributed by atoms with E-state index in [2.05, 4.69) is 24.3 Å². The minimum atomic E-state index is -0.410. The van der Waals surface area contributed by atoms with Gasteiger partial charge < -0.3 is 10.4 Å². The summed E-state index contributed by atoms with van der Waals surface area (Å²) in [7, 11) is 1.94. The van der Waals surface area contributed by atoms with E-state index in [4.69, 9.17) is 0 Å². The van der Waals surface area contributed by atoms with Gasteiger partial charge in [0, 0.05) is 30.4 Å². The zero-order valence-electron chi connectivity index (χ0n) is 13.2. The highest BCUT2D eigenvalue weighted by Crippen LogP contribution is 2.17. The van der Waals surface area contributed by atoms with Gasteiger partial charge in [-0.2, -0.15) is 5.10 Å². The number of hydrogen-bond acceptors (Lipinski definition) is 3. The molecule has 0 bridgehead atoms. The fourth-order valence-corrected chi connectivity index (χ4v) is 2.57. The number of aromatic nitrogens is 2. The normalized spacial score (nSPS) is 15.7. The van der Waals surface area contributed by atoms with Crippen molar-refractivity contribution in [1.29, 1.82) is 0 Å². The van der Waals surface area contributed by atoms with E-state index in [1.165, 1.54) is 5.56 Å². The quantitative estimate of drug-likeness (QED) is 0.857. The third-order valence-corrected chi connectivity index (χ3v) is 4.12. The molecule has 1 aromatic carbocycles. The molecule has 0 aliphatic rings. The van der Waals surface area contributed by atoms with E-state index in [0.29, 0.717) is 6.42 Å². The van der Waals surface area contributed by atoms with Crippen molar-refractivity contribution in [2.75, 3.05) is 0 Å². The average Bonchev–Trinajstić information content (AvgIpc) is 2.80. The molecule has 3 atom stereocenters. The number of aliphatic hydroxyl groups excluding tert-OH is 1. The van der Waals surface area contributed by atoms with Crippen molar-refractivity contribution in [3.05, 3.63) is 53.3 Å². The SMILES string of the molecule is Cc1c(C(C)NC(C)C(O)Cc2ccccc2)cnn1C. The molecular weight excluding hydrogens is 262 g/mol. The highest BCUT2D eigenvalue weighted by atomic mass is 16.3. The molecule has 0 amide bonds. The number of aryl methyl sites for hydroxylation is 1. The van der Waals surface area contributed by atoms with Crippen LogP contribution >= 0.6 is 0 Å². The molecule has 0 saturated heterocycles. The zero-order valence-corrected chi connectivity index (χ0v) is 13.2. The Hall–Kier alpha value is -1.65. The Labute approximate surface area is 126 Å². The molecule has 1 aromatic heterocycles. The van der Waals surface area contributed by atoms with Gasteiger partial charge in [0.2, 0.25) is 0 Å². The molecule has 4 nitrogen and oxygen atoms in total. The summed E-state index contributed by atoms with van der Waals surface area (Å²) in [5.74, 6) is 0. The van der Waals surface area contributed by atoms with Gasteiger partial charge in [-0.15, -0.1) is 0 Å². The Balaban J connectivity index is 1.94. The zero-order chi connectivity index (χ0) is 15.4. The van der Waals surface area contributed by atoms with Crippen molar-refractivity contribution in [3.63, 3.8) is 0 Å². The molecule has 21 heavy (non-hydrogen) atoms. The molecule has 0 fully saturated rings. The summed E-state index contributed by atoms with van der Waals surface area (Å²) < 4.78 is 1.87. The first-order valence-corrected chi connectivity index (χ1v) is 7.45. The van der Waals surface area contributed by atoms with E-state index in [1.807, 2.05) is 55.2 Å². The summed E-state index contributed by atoms with van der Waals surface area (Å²) in [4.78, 5) is 0. The number of rotatable bonds is 6. The molecule has 114 valence electrons. The van der Waals surface area contributed by atoms with Crippen LogP contribution in [0.15, 0.2) is 36.5 Å². The summed E-state index contributed by atoms with van der Waals surface area (Å²) in [6, 6.07) is 10.3. The van der Waals surface area contributed by atoms with Crippen LogP contribution in [-0.2, 0) is 13.5 Å². The van der Waals surface area contributed by atoms with Crippen LogP contribution in [0.2, 0.25) is 0 Å². The maximum atomic E-state index is 10.4. The number of hydrogen-bond donors (Lipinski definition) is 2. The number of nitrogens with one attached hydrogen (secondary N) is 1. The number of nitrogens with zero attached hydrogens (tertiary/aromatic N) is 2. The second kappa shape index (κ2) is 6.87. The minimum absolute atomic E-state index is 0.0137. The van der Waals surface area contributed by atoms with Crippen molar-refractivity contribution in [2.45, 2.75) is 45.4 Å². The lowest BCUT2D eigenvalue weighted by Gasteiger charge is -2.24. The smallest absolute Gasteiger partial charge is 0.0730 e. The van der Waals surface area contributed by atoms with Gasteiger partial charge >= 0.3 is 0 Å². The Morgan fingerprint density at radius 1 is 1.24 bits per heavy atom. The number of aliphatic hydroxyl groups is 1. The lowest BCUT2D eigenvalue weighted by molar-refractivity contribution is 0.129. The van der Waals surface area contributed by atoms with Gasteiger partial charge in [0.1, 0.15) is 0 Å². The predicted molar refractivity (Wildman–Crippen MR) is 85.1 cm³/mol. The molecule has 4 heteroatoms. The highest BCUT2D eigenvalue weighted by molar-refractivity contribution is 5.20. The highest BCUT2D eigenvalue weighted by Gasteiger charge is 2.19. The first kappa shape index (κ1) is 15.7. The van der Waals surface area contributed by atoms with Gasteiger partial charge in [-0.25, -0.2) is 0 Å². The van der Waals surface area contributed by atoms with Gasteiger partial charge in [-0.05, 0) is 32.8 Å². The summed E-state index contributed by atoms with van der Waals surface area (Å²) >= 11 is 0. The maximum Gasteiger partial charge on any atom is 0.0730 e. The Bertz CT molecular complexity index is 565. The lowest BCUT2D eigenvalue weighted by atomic mass is 10.0. The Morgan fingerprint density at radius 3 is 2.48 bits per heavy atom. The van der Waals surface area contributed by atoms with Gasteiger partial charge in [-0.1, -0.05) is 30.3 Å². The first-order valence-electron chi connectivity index (χ1n) is 7.45. The second-order valence-electron chi connectivity index (χ2n) is 5.74. The summed E-state index contributed by atoms with van der Waals surface area (Å²) in [5, 5.41) is 18.1. The molecule has 2 N–H and O–H groups in total. The molecule has 0 saturated carbocycles.